The number of hydrogen-bond donors (Lipinski definition) is 1. The molecule has 0 bridgehead atoms. The minimum Gasteiger partial charge on any atom is -0.381 e. The molecule has 2 rings (SSSR count). The van der Waals surface area contributed by atoms with Gasteiger partial charge in [-0.2, -0.15) is 0 Å². The van der Waals surface area contributed by atoms with Crippen molar-refractivity contribution in [1.29, 1.82) is 0 Å². The summed E-state index contributed by atoms with van der Waals surface area (Å²) in [5, 5.41) is 2.80. The molecule has 1 amide bonds. The molecule has 1 aliphatic heterocycles. The fourth-order valence-corrected chi connectivity index (χ4v) is 2.01. The number of ether oxygens (including phenoxy) is 1. The first-order chi connectivity index (χ1) is 8.34. The van der Waals surface area contributed by atoms with E-state index in [-0.39, 0.29) is 5.91 Å². The van der Waals surface area contributed by atoms with Crippen LogP contribution in [0.3, 0.4) is 0 Å². The maximum atomic E-state index is 11.7. The summed E-state index contributed by atoms with van der Waals surface area (Å²) in [7, 11) is 0. The number of aromatic nitrogens is 1. The van der Waals surface area contributed by atoms with Gasteiger partial charge in [0.2, 0.25) is 5.91 Å². The van der Waals surface area contributed by atoms with E-state index in [1.54, 1.807) is 12.3 Å². The molecular weight excluding hydrogens is 216 g/mol. The summed E-state index contributed by atoms with van der Waals surface area (Å²) in [6.45, 7) is 1.68. The van der Waals surface area contributed by atoms with Crippen LogP contribution < -0.4 is 5.32 Å². The van der Waals surface area contributed by atoms with E-state index in [0.29, 0.717) is 18.2 Å². The van der Waals surface area contributed by atoms with Gasteiger partial charge in [-0.05, 0) is 37.3 Å². The Morgan fingerprint density at radius 2 is 2.24 bits per heavy atom. The van der Waals surface area contributed by atoms with Gasteiger partial charge in [0.25, 0.3) is 0 Å². The highest BCUT2D eigenvalue weighted by molar-refractivity contribution is 5.89. The standard InChI is InChI=1S/C13H18N2O2/c16-13(15-12-3-1-2-8-14-12)5-4-11-6-9-17-10-7-11/h1-3,8,11H,4-7,9-10H2,(H,14,15,16). The highest BCUT2D eigenvalue weighted by Crippen LogP contribution is 2.20. The molecule has 1 saturated heterocycles. The molecule has 92 valence electrons. The second-order valence-electron chi connectivity index (χ2n) is 4.36. The first-order valence-electron chi connectivity index (χ1n) is 6.13. The summed E-state index contributed by atoms with van der Waals surface area (Å²) in [6, 6.07) is 5.49. The molecule has 1 fully saturated rings. The van der Waals surface area contributed by atoms with Crippen molar-refractivity contribution in [2.24, 2.45) is 5.92 Å². The molecule has 4 nitrogen and oxygen atoms in total. The number of anilines is 1. The van der Waals surface area contributed by atoms with Crippen LogP contribution in [0.4, 0.5) is 5.82 Å². The Morgan fingerprint density at radius 1 is 1.41 bits per heavy atom. The van der Waals surface area contributed by atoms with Crippen LogP contribution in [0.25, 0.3) is 0 Å². The van der Waals surface area contributed by atoms with Crippen LogP contribution in [0, 0.1) is 5.92 Å². The Morgan fingerprint density at radius 3 is 2.94 bits per heavy atom. The monoisotopic (exact) mass is 234 g/mol. The van der Waals surface area contributed by atoms with Gasteiger partial charge in [-0.3, -0.25) is 4.79 Å². The molecule has 0 unspecified atom stereocenters. The lowest BCUT2D eigenvalue weighted by molar-refractivity contribution is -0.116. The Bertz CT molecular complexity index is 348. The van der Waals surface area contributed by atoms with Crippen molar-refractivity contribution in [3.05, 3.63) is 24.4 Å². The van der Waals surface area contributed by atoms with Crippen LogP contribution in [0.15, 0.2) is 24.4 Å². The SMILES string of the molecule is O=C(CCC1CCOCC1)Nc1ccccn1. The van der Waals surface area contributed by atoms with Gasteiger partial charge >= 0.3 is 0 Å². The van der Waals surface area contributed by atoms with Crippen LogP contribution >= 0.6 is 0 Å². The van der Waals surface area contributed by atoms with Crippen molar-refractivity contribution in [2.75, 3.05) is 18.5 Å². The van der Waals surface area contributed by atoms with Crippen LogP contribution in [0.2, 0.25) is 0 Å². The van der Waals surface area contributed by atoms with E-state index in [9.17, 15) is 4.79 Å². The van der Waals surface area contributed by atoms with E-state index < -0.39 is 0 Å². The molecular formula is C13H18N2O2. The van der Waals surface area contributed by atoms with Gasteiger partial charge in [0.15, 0.2) is 0 Å². The molecule has 17 heavy (non-hydrogen) atoms. The van der Waals surface area contributed by atoms with Crippen molar-refractivity contribution >= 4 is 11.7 Å². The molecule has 1 aliphatic rings. The van der Waals surface area contributed by atoms with E-state index in [4.69, 9.17) is 4.74 Å². The number of pyridine rings is 1. The van der Waals surface area contributed by atoms with Gasteiger partial charge < -0.3 is 10.1 Å². The van der Waals surface area contributed by atoms with Gasteiger partial charge in [-0.25, -0.2) is 4.98 Å². The third-order valence-electron chi connectivity index (χ3n) is 3.05. The van der Waals surface area contributed by atoms with Crippen molar-refractivity contribution in [3.63, 3.8) is 0 Å². The number of carbonyl (C=O) groups excluding carboxylic acids is 1. The topological polar surface area (TPSA) is 51.2 Å². The molecule has 0 saturated carbocycles. The predicted octanol–water partition coefficient (Wildman–Crippen LogP) is 2.23. The first-order valence-corrected chi connectivity index (χ1v) is 6.13. The van der Waals surface area contributed by atoms with E-state index >= 15 is 0 Å². The largest absolute Gasteiger partial charge is 0.381 e. The molecule has 0 spiro atoms. The quantitative estimate of drug-likeness (QED) is 0.869. The van der Waals surface area contributed by atoms with Crippen molar-refractivity contribution in [2.45, 2.75) is 25.7 Å². The number of rotatable bonds is 4. The number of nitrogens with zero attached hydrogens (tertiary/aromatic N) is 1. The van der Waals surface area contributed by atoms with E-state index in [2.05, 4.69) is 10.3 Å². The third-order valence-corrected chi connectivity index (χ3v) is 3.05. The van der Waals surface area contributed by atoms with Crippen molar-refractivity contribution < 1.29 is 9.53 Å². The molecule has 0 radical (unpaired) electrons. The van der Waals surface area contributed by atoms with Crippen LogP contribution in [0.5, 0.6) is 0 Å². The Kier molecular flexibility index (Phi) is 4.50. The average molecular weight is 234 g/mol. The summed E-state index contributed by atoms with van der Waals surface area (Å²) in [5.74, 6) is 1.32. The third kappa shape index (κ3) is 4.15. The molecule has 0 aromatic carbocycles. The smallest absolute Gasteiger partial charge is 0.225 e. The van der Waals surface area contributed by atoms with Gasteiger partial charge in [-0.15, -0.1) is 0 Å². The second kappa shape index (κ2) is 6.35. The van der Waals surface area contributed by atoms with Crippen LogP contribution in [0.1, 0.15) is 25.7 Å². The number of nitrogens with one attached hydrogen (secondary N) is 1. The van der Waals surface area contributed by atoms with Gasteiger partial charge in [0.1, 0.15) is 5.82 Å². The summed E-state index contributed by atoms with van der Waals surface area (Å²) in [4.78, 5) is 15.7. The molecule has 2 heterocycles. The maximum Gasteiger partial charge on any atom is 0.225 e. The molecule has 1 aromatic rings. The normalized spacial score (nSPS) is 16.7. The van der Waals surface area contributed by atoms with E-state index in [0.717, 1.165) is 32.5 Å². The molecule has 1 N–H and O–H groups in total. The number of carbonyl (C=O) groups is 1. The summed E-state index contributed by atoms with van der Waals surface area (Å²) in [5.41, 5.74) is 0. The summed E-state index contributed by atoms with van der Waals surface area (Å²) in [6.07, 6.45) is 5.35. The van der Waals surface area contributed by atoms with Crippen molar-refractivity contribution in [1.82, 2.24) is 4.98 Å². The summed E-state index contributed by atoms with van der Waals surface area (Å²) < 4.78 is 5.29. The molecule has 1 aromatic heterocycles. The highest BCUT2D eigenvalue weighted by atomic mass is 16.5. The second-order valence-corrected chi connectivity index (χ2v) is 4.36. The zero-order chi connectivity index (χ0) is 11.9. The zero-order valence-corrected chi connectivity index (χ0v) is 9.89. The minimum absolute atomic E-state index is 0.0511. The van der Waals surface area contributed by atoms with Crippen molar-refractivity contribution in [3.8, 4) is 0 Å². The van der Waals surface area contributed by atoms with Gasteiger partial charge in [-0.1, -0.05) is 6.07 Å². The Hall–Kier alpha value is -1.42. The van der Waals surface area contributed by atoms with Crippen LogP contribution in [-0.2, 0) is 9.53 Å². The maximum absolute atomic E-state index is 11.7. The fourth-order valence-electron chi connectivity index (χ4n) is 2.01. The lowest BCUT2D eigenvalue weighted by Gasteiger charge is -2.21. The molecule has 0 aliphatic carbocycles. The minimum atomic E-state index is 0.0511. The summed E-state index contributed by atoms with van der Waals surface area (Å²) >= 11 is 0. The number of hydrogen-bond acceptors (Lipinski definition) is 3. The average Bonchev–Trinajstić information content (AvgIpc) is 2.39. The predicted molar refractivity (Wildman–Crippen MR) is 65.6 cm³/mol. The molecule has 0 atom stereocenters. The van der Waals surface area contributed by atoms with E-state index in [1.807, 2.05) is 12.1 Å². The zero-order valence-electron chi connectivity index (χ0n) is 9.89. The Balaban J connectivity index is 1.70. The van der Waals surface area contributed by atoms with Gasteiger partial charge in [0.05, 0.1) is 0 Å². The lowest BCUT2D eigenvalue weighted by Crippen LogP contribution is -2.19. The highest BCUT2D eigenvalue weighted by Gasteiger charge is 2.15. The first kappa shape index (κ1) is 12.0. The lowest BCUT2D eigenvalue weighted by atomic mass is 9.95. The molecule has 4 heteroatoms. The van der Waals surface area contributed by atoms with E-state index in [1.165, 1.54) is 0 Å². The fraction of sp³-hybridized carbons (Fsp3) is 0.538. The number of amides is 1. The van der Waals surface area contributed by atoms with Gasteiger partial charge in [0, 0.05) is 25.8 Å². The van der Waals surface area contributed by atoms with Crippen LogP contribution in [-0.4, -0.2) is 24.1 Å². The Labute approximate surface area is 101 Å².